The van der Waals surface area contributed by atoms with Crippen LogP contribution in [0.2, 0.25) is 0 Å². The van der Waals surface area contributed by atoms with E-state index in [1.807, 2.05) is 18.5 Å². The molecular formula is C21H18F2N4S. The molecule has 2 heterocycles. The number of halogens is 2. The molecule has 142 valence electrons. The van der Waals surface area contributed by atoms with Crippen molar-refractivity contribution in [3.05, 3.63) is 95.4 Å². The van der Waals surface area contributed by atoms with E-state index < -0.39 is 5.82 Å². The second-order valence-corrected chi connectivity index (χ2v) is 7.08. The van der Waals surface area contributed by atoms with E-state index >= 15 is 4.39 Å². The van der Waals surface area contributed by atoms with E-state index in [1.165, 1.54) is 6.07 Å². The minimum Gasteiger partial charge on any atom is -0.387 e. The van der Waals surface area contributed by atoms with Crippen molar-refractivity contribution >= 4 is 23.3 Å². The van der Waals surface area contributed by atoms with Gasteiger partial charge in [0.25, 0.3) is 0 Å². The molecule has 0 aromatic heterocycles. The van der Waals surface area contributed by atoms with Gasteiger partial charge in [0.05, 0.1) is 16.3 Å². The molecule has 0 unspecified atom stereocenters. The Morgan fingerprint density at radius 1 is 1.07 bits per heavy atom. The fourth-order valence-electron chi connectivity index (χ4n) is 2.96. The van der Waals surface area contributed by atoms with Crippen LogP contribution in [0.25, 0.3) is 0 Å². The monoisotopic (exact) mass is 396 g/mol. The van der Waals surface area contributed by atoms with Gasteiger partial charge in [0.2, 0.25) is 0 Å². The maximum Gasteiger partial charge on any atom is 0.156 e. The predicted octanol–water partition coefficient (Wildman–Crippen LogP) is 4.71. The van der Waals surface area contributed by atoms with Crippen LogP contribution in [0.15, 0.2) is 88.2 Å². The van der Waals surface area contributed by atoms with Gasteiger partial charge in [-0.1, -0.05) is 24.3 Å². The summed E-state index contributed by atoms with van der Waals surface area (Å²) in [5.74, 6) is -0.765. The Labute approximate surface area is 166 Å². The van der Waals surface area contributed by atoms with Crippen LogP contribution in [-0.4, -0.2) is 12.3 Å². The number of nitrogens with one attached hydrogen (secondary N) is 3. The van der Waals surface area contributed by atoms with Gasteiger partial charge in [0.1, 0.15) is 5.82 Å². The highest BCUT2D eigenvalue weighted by Crippen LogP contribution is 2.29. The summed E-state index contributed by atoms with van der Waals surface area (Å²) in [5.41, 5.74) is 6.32. The molecule has 0 atom stereocenters. The van der Waals surface area contributed by atoms with Gasteiger partial charge in [-0.05, 0) is 59.6 Å². The first kappa shape index (κ1) is 18.3. The number of rotatable bonds is 5. The topological polar surface area (TPSA) is 48.5 Å². The Hall–Kier alpha value is -3.06. The van der Waals surface area contributed by atoms with E-state index in [2.05, 4.69) is 26.6 Å². The Balaban J connectivity index is 1.52. The number of dihydropyridines is 1. The fraction of sp³-hybridized carbons (Fsp3) is 0.0952. The molecule has 0 bridgehead atoms. The van der Waals surface area contributed by atoms with Crippen LogP contribution in [0.4, 0.5) is 14.5 Å². The highest BCUT2D eigenvalue weighted by atomic mass is 32.2. The average Bonchev–Trinajstić information content (AvgIpc) is 2.75. The highest BCUT2D eigenvalue weighted by Gasteiger charge is 2.19. The molecule has 2 aliphatic heterocycles. The van der Waals surface area contributed by atoms with Gasteiger partial charge < -0.3 is 10.0 Å². The van der Waals surface area contributed by atoms with Crippen molar-refractivity contribution in [2.75, 3.05) is 11.3 Å². The van der Waals surface area contributed by atoms with E-state index in [-0.39, 0.29) is 11.5 Å². The summed E-state index contributed by atoms with van der Waals surface area (Å²) in [4.78, 5) is 0.402. The zero-order valence-electron chi connectivity index (χ0n) is 14.9. The van der Waals surface area contributed by atoms with Crippen molar-refractivity contribution in [3.8, 4) is 0 Å². The fourth-order valence-corrected chi connectivity index (χ4v) is 3.65. The molecule has 2 aliphatic rings. The van der Waals surface area contributed by atoms with Crippen LogP contribution in [0.1, 0.15) is 12.0 Å². The second-order valence-electron chi connectivity index (χ2n) is 6.24. The van der Waals surface area contributed by atoms with Gasteiger partial charge in [0, 0.05) is 24.7 Å². The molecule has 0 amide bonds. The summed E-state index contributed by atoms with van der Waals surface area (Å²) in [5, 5.41) is 7.38. The third kappa shape index (κ3) is 3.94. The molecule has 0 saturated heterocycles. The zero-order valence-corrected chi connectivity index (χ0v) is 15.7. The van der Waals surface area contributed by atoms with Crippen molar-refractivity contribution in [3.63, 3.8) is 0 Å². The number of hydrogen-bond acceptors (Lipinski definition) is 5. The number of hydrogen-bond donors (Lipinski definition) is 3. The van der Waals surface area contributed by atoms with Crippen LogP contribution in [0, 0.1) is 11.6 Å². The molecule has 28 heavy (non-hydrogen) atoms. The molecule has 0 saturated carbocycles. The van der Waals surface area contributed by atoms with Crippen LogP contribution >= 0.6 is 11.9 Å². The van der Waals surface area contributed by atoms with Gasteiger partial charge in [0.15, 0.2) is 5.82 Å². The second kappa shape index (κ2) is 8.31. The average molecular weight is 396 g/mol. The highest BCUT2D eigenvalue weighted by molar-refractivity contribution is 8.00. The lowest BCUT2D eigenvalue weighted by atomic mass is 9.95. The SMILES string of the molecule is Fc1ccccc1SNc1cccc(C2=NNC=C(C3=CCNC=C3)C2)c1F. The lowest BCUT2D eigenvalue weighted by Gasteiger charge is -2.19. The maximum atomic E-state index is 15.1. The van der Waals surface area contributed by atoms with Crippen molar-refractivity contribution in [1.29, 1.82) is 0 Å². The molecule has 0 spiro atoms. The van der Waals surface area contributed by atoms with E-state index in [1.54, 1.807) is 36.4 Å². The quantitative estimate of drug-likeness (QED) is 0.641. The molecule has 0 fully saturated rings. The molecule has 4 nitrogen and oxygen atoms in total. The van der Waals surface area contributed by atoms with E-state index in [0.717, 1.165) is 29.6 Å². The normalized spacial score (nSPS) is 15.7. The van der Waals surface area contributed by atoms with E-state index in [0.29, 0.717) is 22.6 Å². The number of hydrazone groups is 1. The summed E-state index contributed by atoms with van der Waals surface area (Å²) in [7, 11) is 0. The van der Waals surface area contributed by atoms with Gasteiger partial charge in [-0.15, -0.1) is 0 Å². The summed E-state index contributed by atoms with van der Waals surface area (Å²) in [6, 6.07) is 11.4. The Kier molecular flexibility index (Phi) is 5.43. The number of allylic oxidation sites excluding steroid dienone is 3. The molecule has 2 aromatic rings. The number of anilines is 1. The smallest absolute Gasteiger partial charge is 0.156 e. The molecule has 2 aromatic carbocycles. The van der Waals surface area contributed by atoms with Crippen LogP contribution in [0.5, 0.6) is 0 Å². The van der Waals surface area contributed by atoms with Gasteiger partial charge >= 0.3 is 0 Å². The lowest BCUT2D eigenvalue weighted by Crippen LogP contribution is -2.18. The molecular weight excluding hydrogens is 378 g/mol. The minimum absolute atomic E-state index is 0.283. The standard InChI is InChI=1S/C21H18F2N4S/c22-17-5-1-2-7-20(17)28-27-18-6-3-4-16(21(18)23)19-12-15(13-25-26-19)14-8-10-24-11-9-14/h1-10,13,24-25,27H,11-12H2. The van der Waals surface area contributed by atoms with Crippen LogP contribution < -0.4 is 15.5 Å². The lowest BCUT2D eigenvalue weighted by molar-refractivity contribution is 0.602. The van der Waals surface area contributed by atoms with Gasteiger partial charge in [-0.2, -0.15) is 5.10 Å². The molecule has 0 radical (unpaired) electrons. The van der Waals surface area contributed by atoms with Crippen molar-refractivity contribution in [2.24, 2.45) is 5.10 Å². The number of nitrogens with zero attached hydrogens (tertiary/aromatic N) is 1. The molecule has 0 aliphatic carbocycles. The van der Waals surface area contributed by atoms with E-state index in [9.17, 15) is 4.39 Å². The third-order valence-electron chi connectivity index (χ3n) is 4.40. The predicted molar refractivity (Wildman–Crippen MR) is 110 cm³/mol. The van der Waals surface area contributed by atoms with Crippen molar-refractivity contribution in [2.45, 2.75) is 11.3 Å². The largest absolute Gasteiger partial charge is 0.387 e. The Bertz CT molecular complexity index is 1010. The van der Waals surface area contributed by atoms with Crippen LogP contribution in [0.3, 0.4) is 0 Å². The van der Waals surface area contributed by atoms with E-state index in [4.69, 9.17) is 0 Å². The maximum absolute atomic E-state index is 15.1. The summed E-state index contributed by atoms with van der Waals surface area (Å²) in [6.07, 6.45) is 8.31. The first-order valence-electron chi connectivity index (χ1n) is 8.80. The first-order chi connectivity index (χ1) is 13.7. The minimum atomic E-state index is -0.414. The van der Waals surface area contributed by atoms with Gasteiger partial charge in [-0.25, -0.2) is 8.78 Å². The number of benzene rings is 2. The summed E-state index contributed by atoms with van der Waals surface area (Å²) in [6.45, 7) is 0.761. The third-order valence-corrected chi connectivity index (χ3v) is 5.28. The zero-order chi connectivity index (χ0) is 19.3. The summed E-state index contributed by atoms with van der Waals surface area (Å²) < 4.78 is 31.8. The van der Waals surface area contributed by atoms with Crippen molar-refractivity contribution in [1.82, 2.24) is 10.7 Å². The van der Waals surface area contributed by atoms with Crippen molar-refractivity contribution < 1.29 is 8.78 Å². The Morgan fingerprint density at radius 2 is 1.96 bits per heavy atom. The molecule has 3 N–H and O–H groups in total. The first-order valence-corrected chi connectivity index (χ1v) is 9.62. The van der Waals surface area contributed by atoms with Crippen LogP contribution in [-0.2, 0) is 0 Å². The van der Waals surface area contributed by atoms with Gasteiger partial charge in [-0.3, -0.25) is 5.43 Å². The Morgan fingerprint density at radius 3 is 2.79 bits per heavy atom. The molecule has 4 rings (SSSR count). The molecule has 7 heteroatoms. The summed E-state index contributed by atoms with van der Waals surface area (Å²) >= 11 is 1.04.